The van der Waals surface area contributed by atoms with Crippen LogP contribution in [0.4, 0.5) is 5.13 Å². The molecule has 1 aliphatic carbocycles. The van der Waals surface area contributed by atoms with Gasteiger partial charge < -0.3 is 19.3 Å². The lowest BCUT2D eigenvalue weighted by atomic mass is 10.1. The molecule has 0 radical (unpaired) electrons. The number of thiazole rings is 1. The summed E-state index contributed by atoms with van der Waals surface area (Å²) in [6.45, 7) is 2.60. The number of sulfone groups is 1. The fourth-order valence-electron chi connectivity index (χ4n) is 4.05. The van der Waals surface area contributed by atoms with E-state index < -0.39 is 27.8 Å². The number of carboxylic acids is 1. The highest BCUT2D eigenvalue weighted by Crippen LogP contribution is 2.35. The normalized spacial score (nSPS) is 18.2. The Hall–Kier alpha value is -3.32. The lowest BCUT2D eigenvalue weighted by Crippen LogP contribution is -2.28. The predicted octanol–water partition coefficient (Wildman–Crippen LogP) is 4.36. The van der Waals surface area contributed by atoms with E-state index >= 15 is 0 Å². The molecule has 2 atom stereocenters. The van der Waals surface area contributed by atoms with Crippen molar-refractivity contribution >= 4 is 38.2 Å². The van der Waals surface area contributed by atoms with Crippen LogP contribution in [0.1, 0.15) is 46.9 Å². The number of hydrogen-bond acceptors (Lipinski definition) is 9. The number of benzene rings is 2. The summed E-state index contributed by atoms with van der Waals surface area (Å²) in [4.78, 5) is 29.1. The second kappa shape index (κ2) is 10.8. The summed E-state index contributed by atoms with van der Waals surface area (Å²) in [6, 6.07) is 11.0. The Balaban J connectivity index is 1.31. The van der Waals surface area contributed by atoms with E-state index in [-0.39, 0.29) is 26.9 Å². The van der Waals surface area contributed by atoms with Gasteiger partial charge in [-0.25, -0.2) is 18.2 Å². The Morgan fingerprint density at radius 2 is 1.92 bits per heavy atom. The van der Waals surface area contributed by atoms with E-state index in [0.29, 0.717) is 54.4 Å². The molecule has 0 bridgehead atoms. The number of ether oxygens (including phenoxy) is 3. The van der Waals surface area contributed by atoms with Crippen molar-refractivity contribution in [3.8, 4) is 10.8 Å². The first kappa shape index (κ1) is 26.3. The Bertz CT molecular complexity index is 1440. The second-order valence-electron chi connectivity index (χ2n) is 9.17. The zero-order valence-electron chi connectivity index (χ0n) is 20.5. The molecule has 0 spiro atoms. The topological polar surface area (TPSA) is 141 Å². The van der Waals surface area contributed by atoms with Crippen LogP contribution < -0.4 is 10.1 Å². The Morgan fingerprint density at radius 1 is 1.16 bits per heavy atom. The first-order chi connectivity index (χ1) is 18.2. The number of rotatable bonds is 10. The Morgan fingerprint density at radius 3 is 2.58 bits per heavy atom. The number of hydrogen-bond donors (Lipinski definition) is 2. The van der Waals surface area contributed by atoms with Crippen molar-refractivity contribution in [2.75, 3.05) is 18.5 Å². The molecule has 3 aromatic rings. The van der Waals surface area contributed by atoms with Crippen LogP contribution in [0.15, 0.2) is 53.6 Å². The maximum Gasteiger partial charge on any atom is 0.336 e. The maximum absolute atomic E-state index is 13.3. The van der Waals surface area contributed by atoms with Gasteiger partial charge in [-0.3, -0.25) is 10.1 Å². The largest absolute Gasteiger partial charge is 0.478 e. The highest BCUT2D eigenvalue weighted by Gasteiger charge is 2.37. The van der Waals surface area contributed by atoms with E-state index in [1.807, 2.05) is 0 Å². The van der Waals surface area contributed by atoms with Crippen LogP contribution in [0.25, 0.3) is 0 Å². The van der Waals surface area contributed by atoms with Gasteiger partial charge in [-0.1, -0.05) is 29.5 Å². The molecule has 1 saturated carbocycles. The standard InChI is InChI=1S/C26H26N2O8S2/c1-15-2-5-17(12-21(15)25(30)31)35-22-13-27-26(37-22)28-24(29)23(36-18-10-11-34-14-18)16-3-6-19(7-4-16)38(32,33)20-8-9-20/h2-7,12-13,18,20,23H,8-11,14H2,1H3,(H,30,31)(H,27,28,29)/t18-,23?/m1/s1. The van der Waals surface area contributed by atoms with E-state index in [0.717, 1.165) is 11.3 Å². The van der Waals surface area contributed by atoms with Crippen LogP contribution >= 0.6 is 11.3 Å². The number of carbonyl (C=O) groups is 2. The Kier molecular flexibility index (Phi) is 7.48. The molecule has 2 heterocycles. The molecule has 1 unspecified atom stereocenters. The minimum Gasteiger partial charge on any atom is -0.478 e. The van der Waals surface area contributed by atoms with Crippen molar-refractivity contribution in [3.63, 3.8) is 0 Å². The van der Waals surface area contributed by atoms with Crippen LogP contribution in [0.3, 0.4) is 0 Å². The average Bonchev–Trinajstić information content (AvgIpc) is 3.48. The number of carboxylic acid groups (broad SMARTS) is 1. The number of carbonyl (C=O) groups excluding carboxylic acids is 1. The van der Waals surface area contributed by atoms with Gasteiger partial charge in [-0.15, -0.1) is 0 Å². The summed E-state index contributed by atoms with van der Waals surface area (Å²) in [6.07, 6.45) is 2.12. The molecule has 200 valence electrons. The van der Waals surface area contributed by atoms with Crippen LogP contribution in [-0.2, 0) is 24.1 Å². The quantitative estimate of drug-likeness (QED) is 0.371. The number of aryl methyl sites for hydroxylation is 1. The zero-order chi connectivity index (χ0) is 26.9. The van der Waals surface area contributed by atoms with Crippen LogP contribution in [0.5, 0.6) is 10.8 Å². The summed E-state index contributed by atoms with van der Waals surface area (Å²) in [5.41, 5.74) is 1.25. The summed E-state index contributed by atoms with van der Waals surface area (Å²) >= 11 is 1.07. The van der Waals surface area contributed by atoms with E-state index in [4.69, 9.17) is 14.2 Å². The number of nitrogens with one attached hydrogen (secondary N) is 1. The van der Waals surface area contributed by atoms with Crippen molar-refractivity contribution in [2.24, 2.45) is 0 Å². The average molecular weight is 559 g/mol. The summed E-state index contributed by atoms with van der Waals surface area (Å²) in [7, 11) is -3.35. The molecular weight excluding hydrogens is 532 g/mol. The smallest absolute Gasteiger partial charge is 0.336 e. The van der Waals surface area contributed by atoms with Crippen molar-refractivity contribution < 1.29 is 37.3 Å². The molecule has 12 heteroatoms. The molecule has 5 rings (SSSR count). The summed E-state index contributed by atoms with van der Waals surface area (Å²) in [5, 5.41) is 12.4. The van der Waals surface area contributed by atoms with Crippen molar-refractivity contribution in [1.29, 1.82) is 0 Å². The van der Waals surface area contributed by atoms with Gasteiger partial charge in [-0.05, 0) is 61.6 Å². The zero-order valence-corrected chi connectivity index (χ0v) is 22.1. The van der Waals surface area contributed by atoms with E-state index in [9.17, 15) is 23.1 Å². The molecule has 2 aromatic carbocycles. The molecule has 1 saturated heterocycles. The number of amides is 1. The molecular formula is C26H26N2O8S2. The first-order valence-electron chi connectivity index (χ1n) is 12.1. The maximum atomic E-state index is 13.3. The van der Waals surface area contributed by atoms with Gasteiger partial charge in [0.15, 0.2) is 21.1 Å². The Labute approximate surface area is 223 Å². The molecule has 10 nitrogen and oxygen atoms in total. The number of aromatic nitrogens is 1. The summed E-state index contributed by atoms with van der Waals surface area (Å²) < 4.78 is 42.3. The molecule has 1 aromatic heterocycles. The van der Waals surface area contributed by atoms with Crippen molar-refractivity contribution in [1.82, 2.24) is 4.98 Å². The SMILES string of the molecule is Cc1ccc(Oc2cnc(NC(=O)C(O[C@@H]3CCOC3)c3ccc(S(=O)(=O)C4CC4)cc3)s2)cc1C(=O)O. The number of aromatic carboxylic acids is 1. The van der Waals surface area contributed by atoms with E-state index in [1.165, 1.54) is 24.4 Å². The van der Waals surface area contributed by atoms with E-state index in [2.05, 4.69) is 10.3 Å². The fourth-order valence-corrected chi connectivity index (χ4v) is 6.40. The third-order valence-electron chi connectivity index (χ3n) is 6.30. The van der Waals surface area contributed by atoms with E-state index in [1.54, 1.807) is 31.2 Å². The molecule has 38 heavy (non-hydrogen) atoms. The second-order valence-corrected chi connectivity index (χ2v) is 12.4. The number of nitrogens with zero attached hydrogens (tertiary/aromatic N) is 1. The van der Waals surface area contributed by atoms with Crippen LogP contribution in [0, 0.1) is 6.92 Å². The first-order valence-corrected chi connectivity index (χ1v) is 14.4. The third kappa shape index (κ3) is 5.88. The molecule has 1 aliphatic heterocycles. The van der Waals surface area contributed by atoms with Crippen LogP contribution in [-0.4, -0.2) is 55.0 Å². The van der Waals surface area contributed by atoms with Gasteiger partial charge in [0.2, 0.25) is 5.06 Å². The summed E-state index contributed by atoms with van der Waals surface area (Å²) in [5.74, 6) is -1.20. The van der Waals surface area contributed by atoms with Gasteiger partial charge in [0.05, 0.1) is 34.6 Å². The molecule has 2 aliphatic rings. The lowest BCUT2D eigenvalue weighted by molar-refractivity contribution is -0.131. The predicted molar refractivity (Wildman–Crippen MR) is 139 cm³/mol. The van der Waals surface area contributed by atoms with Gasteiger partial charge >= 0.3 is 5.97 Å². The minimum absolute atomic E-state index is 0.132. The third-order valence-corrected chi connectivity index (χ3v) is 9.37. The molecule has 2 fully saturated rings. The minimum atomic E-state index is -3.35. The van der Waals surface area contributed by atoms with Gasteiger partial charge in [0.25, 0.3) is 5.91 Å². The molecule has 2 N–H and O–H groups in total. The van der Waals surface area contributed by atoms with Crippen LogP contribution in [0.2, 0.25) is 0 Å². The van der Waals surface area contributed by atoms with Gasteiger partial charge in [-0.2, -0.15) is 0 Å². The lowest BCUT2D eigenvalue weighted by Gasteiger charge is -2.21. The fraction of sp³-hybridized carbons (Fsp3) is 0.346. The van der Waals surface area contributed by atoms with Crippen molar-refractivity contribution in [2.45, 2.75) is 48.5 Å². The van der Waals surface area contributed by atoms with Crippen molar-refractivity contribution in [3.05, 3.63) is 65.4 Å². The van der Waals surface area contributed by atoms with Gasteiger partial charge in [0, 0.05) is 6.61 Å². The highest BCUT2D eigenvalue weighted by atomic mass is 32.2. The monoisotopic (exact) mass is 558 g/mol. The number of anilines is 1. The molecule has 1 amide bonds. The highest BCUT2D eigenvalue weighted by molar-refractivity contribution is 7.92. The van der Waals surface area contributed by atoms with Gasteiger partial charge in [0.1, 0.15) is 5.75 Å².